The van der Waals surface area contributed by atoms with E-state index in [0.29, 0.717) is 6.17 Å². The molecule has 1 aromatic heterocycles. The van der Waals surface area contributed by atoms with E-state index in [1.165, 1.54) is 0 Å². The van der Waals surface area contributed by atoms with Gasteiger partial charge in [-0.1, -0.05) is 0 Å². The van der Waals surface area contributed by atoms with Crippen LogP contribution >= 0.6 is 0 Å². The maximum absolute atomic E-state index is 4.66. The van der Waals surface area contributed by atoms with Crippen LogP contribution in [0.3, 0.4) is 0 Å². The Bertz CT molecular complexity index is 356. The van der Waals surface area contributed by atoms with Gasteiger partial charge in [0.1, 0.15) is 0 Å². The minimum Gasteiger partial charge on any atom is -0.338 e. The summed E-state index contributed by atoms with van der Waals surface area (Å²) < 4.78 is 0. The first kappa shape index (κ1) is 11.8. The summed E-state index contributed by atoms with van der Waals surface area (Å²) in [5, 5.41) is 8.07. The Labute approximate surface area is 107 Å². The second kappa shape index (κ2) is 5.60. The van der Waals surface area contributed by atoms with E-state index in [2.05, 4.69) is 30.4 Å². The van der Waals surface area contributed by atoms with Crippen LogP contribution in [0.2, 0.25) is 0 Å². The summed E-state index contributed by atoms with van der Waals surface area (Å²) in [5.41, 5.74) is 0. The molecule has 2 aliphatic rings. The molecule has 6 heteroatoms. The molecule has 97 valence electrons. The van der Waals surface area contributed by atoms with Crippen LogP contribution in [0.25, 0.3) is 0 Å². The van der Waals surface area contributed by atoms with Crippen molar-refractivity contribution in [2.75, 3.05) is 50.7 Å². The third-order valence-electron chi connectivity index (χ3n) is 3.53. The van der Waals surface area contributed by atoms with Gasteiger partial charge in [-0.25, -0.2) is 15.3 Å². The second-order valence-electron chi connectivity index (χ2n) is 4.66. The Morgan fingerprint density at radius 1 is 1.11 bits per heavy atom. The summed E-state index contributed by atoms with van der Waals surface area (Å²) >= 11 is 0. The smallest absolute Gasteiger partial charge is 0.225 e. The lowest BCUT2D eigenvalue weighted by atomic mass is 10.2. The number of hydrogen-bond acceptors (Lipinski definition) is 5. The third kappa shape index (κ3) is 2.60. The van der Waals surface area contributed by atoms with Crippen molar-refractivity contribution in [3.05, 3.63) is 18.5 Å². The molecular weight excluding hydrogens is 228 g/mol. The molecule has 0 saturated carbocycles. The minimum absolute atomic E-state index is 0.359. The second-order valence-corrected chi connectivity index (χ2v) is 4.66. The summed E-state index contributed by atoms with van der Waals surface area (Å²) in [7, 11) is 0. The zero-order chi connectivity index (χ0) is 12.2. The van der Waals surface area contributed by atoms with Crippen LogP contribution in [-0.2, 0) is 0 Å². The lowest BCUT2D eigenvalue weighted by molar-refractivity contribution is 0.136. The minimum atomic E-state index is 0.359. The first-order chi connectivity index (χ1) is 8.93. The molecule has 0 aliphatic carbocycles. The molecule has 2 saturated heterocycles. The van der Waals surface area contributed by atoms with Crippen molar-refractivity contribution >= 4 is 5.95 Å². The van der Waals surface area contributed by atoms with E-state index in [-0.39, 0.29) is 0 Å². The summed E-state index contributed by atoms with van der Waals surface area (Å²) in [6.45, 7) is 6.98. The summed E-state index contributed by atoms with van der Waals surface area (Å²) in [6, 6.07) is 1.85. The summed E-state index contributed by atoms with van der Waals surface area (Å²) in [4.78, 5) is 13.3. The lowest BCUT2D eigenvalue weighted by Crippen LogP contribution is -2.59. The zero-order valence-electron chi connectivity index (χ0n) is 10.5. The highest BCUT2D eigenvalue weighted by molar-refractivity contribution is 5.29. The van der Waals surface area contributed by atoms with E-state index in [1.54, 1.807) is 12.4 Å². The largest absolute Gasteiger partial charge is 0.338 e. The van der Waals surface area contributed by atoms with Gasteiger partial charge in [0.2, 0.25) is 5.95 Å². The summed E-state index contributed by atoms with van der Waals surface area (Å²) in [5.74, 6) is 0.843. The topological polar surface area (TPSA) is 58.4 Å². The molecule has 1 N–H and O–H groups in total. The normalized spacial score (nSPS) is 26.2. The number of hydrogen-bond donors (Lipinski definition) is 1. The molecule has 1 unspecified atom stereocenters. The van der Waals surface area contributed by atoms with Crippen LogP contribution in [0.15, 0.2) is 18.5 Å². The van der Waals surface area contributed by atoms with E-state index in [4.69, 9.17) is 0 Å². The molecule has 2 aliphatic heterocycles. The third-order valence-corrected chi connectivity index (χ3v) is 3.53. The first-order valence-corrected chi connectivity index (χ1v) is 6.57. The fraction of sp³-hybridized carbons (Fsp3) is 0.667. The van der Waals surface area contributed by atoms with Crippen LogP contribution in [0.1, 0.15) is 0 Å². The standard InChI is InChI=1S/C12H19N6/c1-2-15-12(16-3-1)18-8-6-17(7-9-18)11-10-13-4-5-14-11/h1-3,11,13H,4-10H2. The predicted molar refractivity (Wildman–Crippen MR) is 69.5 cm³/mol. The fourth-order valence-corrected chi connectivity index (χ4v) is 2.51. The van der Waals surface area contributed by atoms with Gasteiger partial charge in [-0.05, 0) is 6.07 Å². The molecular formula is C12H19N6. The zero-order valence-corrected chi connectivity index (χ0v) is 10.5. The number of nitrogens with one attached hydrogen (secondary N) is 1. The first-order valence-electron chi connectivity index (χ1n) is 6.57. The highest BCUT2D eigenvalue weighted by atomic mass is 15.4. The van der Waals surface area contributed by atoms with Crippen LogP contribution in [0, 0.1) is 0 Å². The van der Waals surface area contributed by atoms with Gasteiger partial charge in [-0.3, -0.25) is 4.90 Å². The van der Waals surface area contributed by atoms with Gasteiger partial charge >= 0.3 is 0 Å². The maximum atomic E-state index is 4.66. The highest BCUT2D eigenvalue weighted by Crippen LogP contribution is 2.11. The predicted octanol–water partition coefficient (Wildman–Crippen LogP) is -0.868. The monoisotopic (exact) mass is 247 g/mol. The Kier molecular flexibility index (Phi) is 3.68. The number of rotatable bonds is 2. The van der Waals surface area contributed by atoms with Crippen molar-refractivity contribution in [3.63, 3.8) is 0 Å². The molecule has 2 fully saturated rings. The van der Waals surface area contributed by atoms with Crippen molar-refractivity contribution in [2.24, 2.45) is 0 Å². The molecule has 0 bridgehead atoms. The summed E-state index contributed by atoms with van der Waals surface area (Å²) in [6.07, 6.45) is 3.96. The Morgan fingerprint density at radius 3 is 2.56 bits per heavy atom. The number of anilines is 1. The van der Waals surface area contributed by atoms with Crippen molar-refractivity contribution < 1.29 is 0 Å². The molecule has 0 amide bonds. The van der Waals surface area contributed by atoms with Crippen LogP contribution < -0.4 is 15.5 Å². The van der Waals surface area contributed by atoms with Gasteiger partial charge < -0.3 is 10.2 Å². The molecule has 18 heavy (non-hydrogen) atoms. The maximum Gasteiger partial charge on any atom is 0.225 e. The number of nitrogens with zero attached hydrogens (tertiary/aromatic N) is 5. The van der Waals surface area contributed by atoms with Crippen LogP contribution in [0.5, 0.6) is 0 Å². The number of aromatic nitrogens is 2. The number of piperazine rings is 2. The molecule has 6 nitrogen and oxygen atoms in total. The van der Waals surface area contributed by atoms with E-state index in [0.717, 1.165) is 51.8 Å². The van der Waals surface area contributed by atoms with Gasteiger partial charge in [0, 0.05) is 58.2 Å². The van der Waals surface area contributed by atoms with Gasteiger partial charge in [0.25, 0.3) is 0 Å². The van der Waals surface area contributed by atoms with Gasteiger partial charge in [0.05, 0.1) is 6.17 Å². The van der Waals surface area contributed by atoms with Gasteiger partial charge in [0.15, 0.2) is 0 Å². The molecule has 1 radical (unpaired) electrons. The fourth-order valence-electron chi connectivity index (χ4n) is 2.51. The Morgan fingerprint density at radius 2 is 1.89 bits per heavy atom. The molecule has 0 spiro atoms. The average molecular weight is 247 g/mol. The SMILES string of the molecule is c1cnc(N2CCN(C3CNCC[N]3)CC2)nc1. The molecule has 3 rings (SSSR count). The van der Waals surface area contributed by atoms with E-state index in [1.807, 2.05) is 6.07 Å². The molecule has 1 aromatic rings. The average Bonchev–Trinajstić information content (AvgIpc) is 2.49. The quantitative estimate of drug-likeness (QED) is 0.736. The van der Waals surface area contributed by atoms with Gasteiger partial charge in [-0.2, -0.15) is 0 Å². The molecule has 0 aromatic carbocycles. The van der Waals surface area contributed by atoms with Crippen molar-refractivity contribution in [1.29, 1.82) is 0 Å². The Balaban J connectivity index is 1.54. The molecule has 3 heterocycles. The van der Waals surface area contributed by atoms with E-state index < -0.39 is 0 Å². The lowest BCUT2D eigenvalue weighted by Gasteiger charge is -2.40. The van der Waals surface area contributed by atoms with Crippen LogP contribution in [-0.4, -0.2) is 66.8 Å². The van der Waals surface area contributed by atoms with Crippen LogP contribution in [0.4, 0.5) is 5.95 Å². The van der Waals surface area contributed by atoms with Crippen molar-refractivity contribution in [1.82, 2.24) is 25.5 Å². The van der Waals surface area contributed by atoms with E-state index in [9.17, 15) is 0 Å². The Hall–Kier alpha value is -1.24. The molecule has 1 atom stereocenters. The van der Waals surface area contributed by atoms with Gasteiger partial charge in [-0.15, -0.1) is 0 Å². The van der Waals surface area contributed by atoms with E-state index >= 15 is 0 Å². The van der Waals surface area contributed by atoms with Crippen molar-refractivity contribution in [3.8, 4) is 0 Å². The van der Waals surface area contributed by atoms with Crippen molar-refractivity contribution in [2.45, 2.75) is 6.17 Å². The highest BCUT2D eigenvalue weighted by Gasteiger charge is 2.26.